The zero-order chi connectivity index (χ0) is 11.6. The summed E-state index contributed by atoms with van der Waals surface area (Å²) in [5.41, 5.74) is 0. The van der Waals surface area contributed by atoms with Gasteiger partial charge in [0.05, 0.1) is 0 Å². The molecule has 1 saturated heterocycles. The lowest BCUT2D eigenvalue weighted by Crippen LogP contribution is -2.30. The molecule has 1 aromatic heterocycles. The highest BCUT2D eigenvalue weighted by Crippen LogP contribution is 2.27. The minimum Gasteiger partial charge on any atom is -0.339 e. The minimum absolute atomic E-state index is 0.0704. The van der Waals surface area contributed by atoms with Crippen molar-refractivity contribution in [3.05, 3.63) is 11.7 Å². The summed E-state index contributed by atoms with van der Waals surface area (Å²) >= 11 is 0. The Morgan fingerprint density at radius 2 is 2.25 bits per heavy atom. The molecule has 1 fully saturated rings. The molecule has 0 radical (unpaired) electrons. The molecule has 16 heavy (non-hydrogen) atoms. The van der Waals surface area contributed by atoms with E-state index in [9.17, 15) is 13.2 Å². The van der Waals surface area contributed by atoms with Gasteiger partial charge in [-0.3, -0.25) is 0 Å². The number of halogens is 3. The molecule has 0 amide bonds. The molecule has 2 heterocycles. The van der Waals surface area contributed by atoms with E-state index in [1.807, 2.05) is 0 Å². The topological polar surface area (TPSA) is 51.0 Å². The lowest BCUT2D eigenvalue weighted by molar-refractivity contribution is -0.146. The maximum absolute atomic E-state index is 12.2. The number of piperidine rings is 1. The van der Waals surface area contributed by atoms with Crippen LogP contribution in [0, 0.1) is 5.92 Å². The third kappa shape index (κ3) is 2.72. The van der Waals surface area contributed by atoms with Crippen molar-refractivity contribution in [1.82, 2.24) is 15.5 Å². The second-order valence-electron chi connectivity index (χ2n) is 3.93. The van der Waals surface area contributed by atoms with Gasteiger partial charge in [0.2, 0.25) is 5.89 Å². The van der Waals surface area contributed by atoms with E-state index in [1.165, 1.54) is 0 Å². The van der Waals surface area contributed by atoms with Crippen molar-refractivity contribution in [2.75, 3.05) is 13.1 Å². The Hall–Kier alpha value is -1.11. The van der Waals surface area contributed by atoms with Gasteiger partial charge in [-0.2, -0.15) is 18.2 Å². The van der Waals surface area contributed by atoms with Gasteiger partial charge >= 0.3 is 6.18 Å². The standard InChI is InChI=1S/C9H12F3N3O/c10-9(11,12)8-14-7(16-15-8)4-6-2-1-3-13-5-6/h6,13H,1-5H2. The van der Waals surface area contributed by atoms with E-state index >= 15 is 0 Å². The SMILES string of the molecule is FC(F)(F)c1noc(CC2CCCNC2)n1. The third-order valence-electron chi connectivity index (χ3n) is 2.58. The quantitative estimate of drug-likeness (QED) is 0.846. The smallest absolute Gasteiger partial charge is 0.339 e. The fourth-order valence-electron chi connectivity index (χ4n) is 1.80. The first-order valence-corrected chi connectivity index (χ1v) is 5.16. The molecule has 1 N–H and O–H groups in total. The summed E-state index contributed by atoms with van der Waals surface area (Å²) in [4.78, 5) is 3.35. The lowest BCUT2D eigenvalue weighted by atomic mass is 9.96. The van der Waals surface area contributed by atoms with Gasteiger partial charge in [0, 0.05) is 6.42 Å². The summed E-state index contributed by atoms with van der Waals surface area (Å²) in [5.74, 6) is -0.831. The first kappa shape index (κ1) is 11.4. The van der Waals surface area contributed by atoms with Crippen LogP contribution in [0.3, 0.4) is 0 Å². The largest absolute Gasteiger partial charge is 0.455 e. The van der Waals surface area contributed by atoms with Crippen LogP contribution in [0.5, 0.6) is 0 Å². The van der Waals surface area contributed by atoms with E-state index in [-0.39, 0.29) is 11.8 Å². The average Bonchev–Trinajstić information content (AvgIpc) is 2.67. The molecule has 2 rings (SSSR count). The molecule has 1 aliphatic heterocycles. The van der Waals surface area contributed by atoms with Gasteiger partial charge < -0.3 is 9.84 Å². The Morgan fingerprint density at radius 1 is 1.44 bits per heavy atom. The second-order valence-corrected chi connectivity index (χ2v) is 3.93. The fraction of sp³-hybridized carbons (Fsp3) is 0.778. The second kappa shape index (κ2) is 4.40. The minimum atomic E-state index is -4.52. The van der Waals surface area contributed by atoms with Crippen LogP contribution in [0.1, 0.15) is 24.6 Å². The molecule has 0 aliphatic carbocycles. The number of aromatic nitrogens is 2. The molecule has 4 nitrogen and oxygen atoms in total. The number of rotatable bonds is 2. The summed E-state index contributed by atoms with van der Waals surface area (Å²) < 4.78 is 41.1. The van der Waals surface area contributed by atoms with E-state index in [2.05, 4.69) is 20.0 Å². The van der Waals surface area contributed by atoms with Crippen molar-refractivity contribution >= 4 is 0 Å². The molecule has 1 aromatic rings. The number of alkyl halides is 3. The first-order chi connectivity index (χ1) is 7.55. The summed E-state index contributed by atoms with van der Waals surface area (Å²) in [6.07, 6.45) is -2.09. The molecule has 0 spiro atoms. The normalized spacial score (nSPS) is 22.3. The maximum Gasteiger partial charge on any atom is 0.455 e. The van der Waals surface area contributed by atoms with E-state index in [1.54, 1.807) is 0 Å². The highest BCUT2D eigenvalue weighted by Gasteiger charge is 2.37. The van der Waals surface area contributed by atoms with Gasteiger partial charge in [-0.25, -0.2) is 0 Å². The van der Waals surface area contributed by atoms with Crippen LogP contribution in [0.15, 0.2) is 4.52 Å². The Morgan fingerprint density at radius 3 is 2.81 bits per heavy atom. The number of nitrogens with one attached hydrogen (secondary N) is 1. The van der Waals surface area contributed by atoms with E-state index in [0.29, 0.717) is 6.42 Å². The Balaban J connectivity index is 1.97. The zero-order valence-corrected chi connectivity index (χ0v) is 8.55. The van der Waals surface area contributed by atoms with Crippen molar-refractivity contribution in [3.63, 3.8) is 0 Å². The van der Waals surface area contributed by atoms with Crippen LogP contribution in [0.25, 0.3) is 0 Å². The molecule has 1 aliphatic rings. The van der Waals surface area contributed by atoms with Crippen molar-refractivity contribution in [2.24, 2.45) is 5.92 Å². The molecular weight excluding hydrogens is 223 g/mol. The molecular formula is C9H12F3N3O. The van der Waals surface area contributed by atoms with Crippen LogP contribution in [0.2, 0.25) is 0 Å². The zero-order valence-electron chi connectivity index (χ0n) is 8.55. The lowest BCUT2D eigenvalue weighted by Gasteiger charge is -2.20. The molecule has 1 unspecified atom stereocenters. The maximum atomic E-state index is 12.2. The van der Waals surface area contributed by atoms with Gasteiger partial charge in [-0.05, 0) is 31.8 Å². The van der Waals surface area contributed by atoms with Crippen LogP contribution < -0.4 is 5.32 Å². The highest BCUT2D eigenvalue weighted by molar-refractivity contribution is 4.92. The monoisotopic (exact) mass is 235 g/mol. The first-order valence-electron chi connectivity index (χ1n) is 5.16. The van der Waals surface area contributed by atoms with Gasteiger partial charge in [0.25, 0.3) is 5.82 Å². The number of hydrogen-bond acceptors (Lipinski definition) is 4. The summed E-state index contributed by atoms with van der Waals surface area (Å²) in [6, 6.07) is 0. The van der Waals surface area contributed by atoms with Crippen LogP contribution in [-0.2, 0) is 12.6 Å². The van der Waals surface area contributed by atoms with E-state index in [4.69, 9.17) is 0 Å². The molecule has 90 valence electrons. The summed E-state index contributed by atoms with van der Waals surface area (Å²) in [7, 11) is 0. The van der Waals surface area contributed by atoms with Crippen LogP contribution in [0.4, 0.5) is 13.2 Å². The van der Waals surface area contributed by atoms with Crippen molar-refractivity contribution in [1.29, 1.82) is 0 Å². The van der Waals surface area contributed by atoms with Gasteiger partial charge in [0.15, 0.2) is 0 Å². The van der Waals surface area contributed by atoms with Gasteiger partial charge in [0.1, 0.15) is 0 Å². The Labute approximate surface area is 90.2 Å². The number of nitrogens with zero attached hydrogens (tertiary/aromatic N) is 2. The summed E-state index contributed by atoms with van der Waals surface area (Å²) in [5, 5.41) is 6.10. The average molecular weight is 235 g/mol. The highest BCUT2D eigenvalue weighted by atomic mass is 19.4. The summed E-state index contributed by atoms with van der Waals surface area (Å²) in [6.45, 7) is 1.76. The number of hydrogen-bond donors (Lipinski definition) is 1. The van der Waals surface area contributed by atoms with Crippen LogP contribution >= 0.6 is 0 Å². The molecule has 0 aromatic carbocycles. The van der Waals surface area contributed by atoms with Crippen molar-refractivity contribution in [2.45, 2.75) is 25.4 Å². The van der Waals surface area contributed by atoms with Crippen LogP contribution in [-0.4, -0.2) is 23.2 Å². The molecule has 1 atom stereocenters. The van der Waals surface area contributed by atoms with Crippen molar-refractivity contribution < 1.29 is 17.7 Å². The fourth-order valence-corrected chi connectivity index (χ4v) is 1.80. The van der Waals surface area contributed by atoms with Gasteiger partial charge in [-0.1, -0.05) is 5.16 Å². The molecule has 0 saturated carbocycles. The predicted octanol–water partition coefficient (Wildman–Crippen LogP) is 1.63. The Bertz CT molecular complexity index is 344. The van der Waals surface area contributed by atoms with Gasteiger partial charge in [-0.15, -0.1) is 0 Å². The molecule has 0 bridgehead atoms. The Kier molecular flexibility index (Phi) is 3.13. The van der Waals surface area contributed by atoms with E-state index in [0.717, 1.165) is 25.9 Å². The van der Waals surface area contributed by atoms with E-state index < -0.39 is 12.0 Å². The third-order valence-corrected chi connectivity index (χ3v) is 2.58. The van der Waals surface area contributed by atoms with Crippen molar-refractivity contribution in [3.8, 4) is 0 Å². The molecule has 7 heteroatoms. The predicted molar refractivity (Wildman–Crippen MR) is 48.6 cm³/mol.